The first-order chi connectivity index (χ1) is 12.7. The minimum absolute atomic E-state index is 0.0638. The largest absolute Gasteiger partial charge is 0.467 e. The summed E-state index contributed by atoms with van der Waals surface area (Å²) < 4.78 is 6.98. The molecule has 0 bridgehead atoms. The van der Waals surface area contributed by atoms with Crippen LogP contribution in [0.2, 0.25) is 0 Å². The van der Waals surface area contributed by atoms with Gasteiger partial charge in [0, 0.05) is 13.1 Å². The summed E-state index contributed by atoms with van der Waals surface area (Å²) in [4.78, 5) is 14.7. The standard InChI is InChI=1S/C18H21N5O2S/c1-3-22(12-15-8-5-4-6-9-15)17(24)14(2)26-18-19-20-21-23(18)13-16-10-7-11-25-16/h4-11,14H,3,12-13H2,1-2H3. The minimum Gasteiger partial charge on any atom is -0.467 e. The molecule has 3 aromatic rings. The van der Waals surface area contributed by atoms with Crippen molar-refractivity contribution in [3.8, 4) is 0 Å². The van der Waals surface area contributed by atoms with Crippen molar-refractivity contribution < 1.29 is 9.21 Å². The molecule has 1 amide bonds. The lowest BCUT2D eigenvalue weighted by atomic mass is 10.2. The quantitative estimate of drug-likeness (QED) is 0.567. The average Bonchev–Trinajstić information content (AvgIpc) is 3.33. The highest BCUT2D eigenvalue weighted by Crippen LogP contribution is 2.23. The number of aromatic nitrogens is 4. The van der Waals surface area contributed by atoms with Crippen molar-refractivity contribution >= 4 is 17.7 Å². The topological polar surface area (TPSA) is 77.1 Å². The van der Waals surface area contributed by atoms with Crippen LogP contribution in [0.1, 0.15) is 25.2 Å². The van der Waals surface area contributed by atoms with Gasteiger partial charge >= 0.3 is 0 Å². The first-order valence-electron chi connectivity index (χ1n) is 8.45. The third-order valence-corrected chi connectivity index (χ3v) is 4.98. The molecule has 2 aromatic heterocycles. The molecule has 3 rings (SSSR count). The molecule has 0 aliphatic heterocycles. The van der Waals surface area contributed by atoms with Gasteiger partial charge in [-0.1, -0.05) is 42.1 Å². The maximum Gasteiger partial charge on any atom is 0.236 e. The molecule has 0 fully saturated rings. The molecular weight excluding hydrogens is 350 g/mol. The van der Waals surface area contributed by atoms with Gasteiger partial charge < -0.3 is 9.32 Å². The fourth-order valence-corrected chi connectivity index (χ4v) is 3.42. The molecule has 7 nitrogen and oxygen atoms in total. The van der Waals surface area contributed by atoms with Gasteiger partial charge in [0.2, 0.25) is 11.1 Å². The molecule has 0 aliphatic carbocycles. The first kappa shape index (κ1) is 18.2. The third kappa shape index (κ3) is 4.51. The Bertz CT molecular complexity index is 819. The third-order valence-electron chi connectivity index (χ3n) is 3.92. The van der Waals surface area contributed by atoms with Crippen molar-refractivity contribution in [1.82, 2.24) is 25.1 Å². The molecule has 1 atom stereocenters. The van der Waals surface area contributed by atoms with Crippen LogP contribution < -0.4 is 0 Å². The zero-order valence-electron chi connectivity index (χ0n) is 14.8. The molecular formula is C18H21N5O2S. The molecule has 26 heavy (non-hydrogen) atoms. The molecule has 0 radical (unpaired) electrons. The van der Waals surface area contributed by atoms with Gasteiger partial charge in [0.15, 0.2) is 0 Å². The summed E-state index contributed by atoms with van der Waals surface area (Å²) in [6.07, 6.45) is 1.61. The zero-order valence-corrected chi connectivity index (χ0v) is 15.6. The highest BCUT2D eigenvalue weighted by Gasteiger charge is 2.23. The minimum atomic E-state index is -0.292. The second kappa shape index (κ2) is 8.66. The Kier molecular flexibility index (Phi) is 6.06. The van der Waals surface area contributed by atoms with Crippen LogP contribution in [0.4, 0.5) is 0 Å². The first-order valence-corrected chi connectivity index (χ1v) is 9.33. The van der Waals surface area contributed by atoms with Gasteiger partial charge in [-0.2, -0.15) is 0 Å². The van der Waals surface area contributed by atoms with Crippen molar-refractivity contribution in [2.75, 3.05) is 6.54 Å². The number of hydrogen-bond donors (Lipinski definition) is 0. The number of tetrazole rings is 1. The van der Waals surface area contributed by atoms with Gasteiger partial charge in [-0.25, -0.2) is 4.68 Å². The van der Waals surface area contributed by atoms with Crippen molar-refractivity contribution in [3.05, 3.63) is 60.1 Å². The monoisotopic (exact) mass is 371 g/mol. The number of nitrogens with zero attached hydrogens (tertiary/aromatic N) is 5. The van der Waals surface area contributed by atoms with Crippen molar-refractivity contribution in [3.63, 3.8) is 0 Å². The van der Waals surface area contributed by atoms with Gasteiger partial charge in [0.1, 0.15) is 12.3 Å². The van der Waals surface area contributed by atoms with Gasteiger partial charge in [-0.05, 0) is 42.0 Å². The fourth-order valence-electron chi connectivity index (χ4n) is 2.55. The fraction of sp³-hybridized carbons (Fsp3) is 0.333. The number of thioether (sulfide) groups is 1. The smallest absolute Gasteiger partial charge is 0.236 e. The van der Waals surface area contributed by atoms with Gasteiger partial charge in [0.05, 0.1) is 11.5 Å². The number of rotatable bonds is 8. The highest BCUT2D eigenvalue weighted by molar-refractivity contribution is 8.00. The van der Waals surface area contributed by atoms with Crippen LogP contribution in [0.15, 0.2) is 58.3 Å². The lowest BCUT2D eigenvalue weighted by Gasteiger charge is -2.24. The maximum absolute atomic E-state index is 12.8. The van der Waals surface area contributed by atoms with Crippen molar-refractivity contribution in [2.24, 2.45) is 0 Å². The second-order valence-electron chi connectivity index (χ2n) is 5.80. The van der Waals surface area contributed by atoms with Crippen molar-refractivity contribution in [1.29, 1.82) is 0 Å². The van der Waals surface area contributed by atoms with E-state index in [9.17, 15) is 4.79 Å². The summed E-state index contributed by atoms with van der Waals surface area (Å²) in [5, 5.41) is 12.1. The van der Waals surface area contributed by atoms with E-state index < -0.39 is 0 Å². The highest BCUT2D eigenvalue weighted by atomic mass is 32.2. The van der Waals surface area contributed by atoms with Crippen LogP contribution in [0, 0.1) is 0 Å². The van der Waals surface area contributed by atoms with Gasteiger partial charge in [-0.3, -0.25) is 4.79 Å². The summed E-state index contributed by atoms with van der Waals surface area (Å²) >= 11 is 1.36. The van der Waals surface area contributed by atoms with Gasteiger partial charge in [0.25, 0.3) is 0 Å². The van der Waals surface area contributed by atoms with Crippen LogP contribution in [-0.4, -0.2) is 42.8 Å². The molecule has 2 heterocycles. The number of hydrogen-bond acceptors (Lipinski definition) is 6. The normalized spacial score (nSPS) is 12.1. The van der Waals surface area contributed by atoms with Crippen LogP contribution in [0.25, 0.3) is 0 Å². The van der Waals surface area contributed by atoms with E-state index in [0.717, 1.165) is 11.3 Å². The summed E-state index contributed by atoms with van der Waals surface area (Å²) in [6, 6.07) is 13.7. The predicted molar refractivity (Wildman–Crippen MR) is 98.5 cm³/mol. The van der Waals surface area contributed by atoms with E-state index in [1.54, 1.807) is 10.9 Å². The molecule has 0 saturated carbocycles. The van der Waals surface area contributed by atoms with Crippen LogP contribution in [0.3, 0.4) is 0 Å². The lowest BCUT2D eigenvalue weighted by Crippen LogP contribution is -2.36. The number of furan rings is 1. The summed E-state index contributed by atoms with van der Waals surface area (Å²) in [5.41, 5.74) is 1.11. The number of carbonyl (C=O) groups is 1. The molecule has 0 aliphatic rings. The summed E-state index contributed by atoms with van der Waals surface area (Å²) in [6.45, 7) is 5.55. The maximum atomic E-state index is 12.8. The van der Waals surface area contributed by atoms with E-state index in [-0.39, 0.29) is 11.2 Å². The molecule has 1 aromatic carbocycles. The van der Waals surface area contributed by atoms with Crippen LogP contribution in [0.5, 0.6) is 0 Å². The van der Waals surface area contributed by atoms with E-state index in [4.69, 9.17) is 4.42 Å². The number of amides is 1. The van der Waals surface area contributed by atoms with Crippen LogP contribution in [-0.2, 0) is 17.9 Å². The molecule has 1 unspecified atom stereocenters. The van der Waals surface area contributed by atoms with E-state index in [1.807, 2.05) is 61.2 Å². The van der Waals surface area contributed by atoms with E-state index in [2.05, 4.69) is 15.5 Å². The van der Waals surface area contributed by atoms with Crippen molar-refractivity contribution in [2.45, 2.75) is 37.3 Å². The Morgan fingerprint density at radius 1 is 1.27 bits per heavy atom. The molecule has 0 N–H and O–H groups in total. The Balaban J connectivity index is 1.64. The van der Waals surface area contributed by atoms with E-state index in [0.29, 0.717) is 24.8 Å². The second-order valence-corrected chi connectivity index (χ2v) is 7.10. The van der Waals surface area contributed by atoms with Gasteiger partial charge in [-0.15, -0.1) is 5.10 Å². The molecule has 136 valence electrons. The number of carbonyl (C=O) groups excluding carboxylic acids is 1. The summed E-state index contributed by atoms with van der Waals surface area (Å²) in [5.74, 6) is 0.825. The Morgan fingerprint density at radius 3 is 2.77 bits per heavy atom. The molecule has 0 spiro atoms. The molecule has 8 heteroatoms. The van der Waals surface area contributed by atoms with E-state index in [1.165, 1.54) is 11.8 Å². The van der Waals surface area contributed by atoms with Crippen LogP contribution >= 0.6 is 11.8 Å². The number of benzene rings is 1. The summed E-state index contributed by atoms with van der Waals surface area (Å²) in [7, 11) is 0. The Labute approximate surface area is 156 Å². The lowest BCUT2D eigenvalue weighted by molar-refractivity contribution is -0.130. The SMILES string of the molecule is CCN(Cc1ccccc1)C(=O)C(C)Sc1nnnn1Cc1ccco1. The Morgan fingerprint density at radius 2 is 2.08 bits per heavy atom. The zero-order chi connectivity index (χ0) is 18.4. The Hall–Kier alpha value is -2.61. The molecule has 0 saturated heterocycles. The van der Waals surface area contributed by atoms with E-state index >= 15 is 0 Å². The average molecular weight is 371 g/mol. The predicted octanol–water partition coefficient (Wildman–Crippen LogP) is 2.84.